The van der Waals surface area contributed by atoms with Crippen LogP contribution in [0.1, 0.15) is 12.5 Å². The second kappa shape index (κ2) is 6.69. The number of carbonyl (C=O) groups is 1. The molecule has 0 aliphatic heterocycles. The van der Waals surface area contributed by atoms with Crippen molar-refractivity contribution in [3.63, 3.8) is 0 Å². The van der Waals surface area contributed by atoms with Crippen LogP contribution in [0.5, 0.6) is 0 Å². The third-order valence-corrected chi connectivity index (χ3v) is 2.50. The molecule has 0 aromatic heterocycles. The molecule has 0 bridgehead atoms. The van der Waals surface area contributed by atoms with E-state index in [1.54, 1.807) is 24.1 Å². The van der Waals surface area contributed by atoms with Crippen molar-refractivity contribution in [3.8, 4) is 0 Å². The minimum absolute atomic E-state index is 0.0341. The van der Waals surface area contributed by atoms with Gasteiger partial charge in [-0.05, 0) is 25.6 Å². The highest BCUT2D eigenvalue weighted by Gasteiger charge is 2.14. The molecule has 0 atom stereocenters. The topological polar surface area (TPSA) is 102 Å². The second-order valence-corrected chi connectivity index (χ2v) is 4.28. The van der Waals surface area contributed by atoms with Gasteiger partial charge < -0.3 is 11.1 Å². The van der Waals surface area contributed by atoms with Crippen LogP contribution in [0.4, 0.5) is 11.4 Å². The Morgan fingerprint density at radius 2 is 2.21 bits per heavy atom. The zero-order chi connectivity index (χ0) is 14.4. The van der Waals surface area contributed by atoms with E-state index >= 15 is 0 Å². The number of primary amides is 1. The largest absolute Gasteiger partial charge is 0.380 e. The molecule has 1 aromatic carbocycles. The van der Waals surface area contributed by atoms with Crippen molar-refractivity contribution in [3.05, 3.63) is 33.9 Å². The maximum Gasteiger partial charge on any atom is 0.292 e. The van der Waals surface area contributed by atoms with Gasteiger partial charge in [0.1, 0.15) is 5.69 Å². The lowest BCUT2D eigenvalue weighted by Gasteiger charge is -2.15. The zero-order valence-electron chi connectivity index (χ0n) is 11.0. The van der Waals surface area contributed by atoms with Crippen LogP contribution in [0.2, 0.25) is 0 Å². The summed E-state index contributed by atoms with van der Waals surface area (Å²) >= 11 is 0. The Morgan fingerprint density at radius 1 is 1.53 bits per heavy atom. The number of amides is 1. The summed E-state index contributed by atoms with van der Waals surface area (Å²) < 4.78 is 0. The number of nitrogens with two attached hydrogens (primary N) is 1. The van der Waals surface area contributed by atoms with Gasteiger partial charge in [0, 0.05) is 19.2 Å². The Bertz CT molecular complexity index is 476. The number of nitro groups is 1. The predicted molar refractivity (Wildman–Crippen MR) is 72.8 cm³/mol. The van der Waals surface area contributed by atoms with Crippen LogP contribution >= 0.6 is 0 Å². The van der Waals surface area contributed by atoms with Crippen molar-refractivity contribution >= 4 is 17.3 Å². The molecular weight excluding hydrogens is 248 g/mol. The van der Waals surface area contributed by atoms with Crippen LogP contribution in [0.25, 0.3) is 0 Å². The fourth-order valence-corrected chi connectivity index (χ4v) is 1.80. The number of hydrogen-bond acceptors (Lipinski definition) is 5. The molecule has 0 aliphatic rings. The summed E-state index contributed by atoms with van der Waals surface area (Å²) in [5.41, 5.74) is 6.38. The molecule has 0 radical (unpaired) electrons. The van der Waals surface area contributed by atoms with E-state index in [1.807, 2.05) is 6.92 Å². The van der Waals surface area contributed by atoms with Crippen molar-refractivity contribution in [2.45, 2.75) is 13.5 Å². The maximum absolute atomic E-state index is 11.0. The molecule has 1 rings (SSSR count). The molecule has 7 heteroatoms. The van der Waals surface area contributed by atoms with E-state index in [2.05, 4.69) is 5.32 Å². The summed E-state index contributed by atoms with van der Waals surface area (Å²) in [6.45, 7) is 3.03. The van der Waals surface area contributed by atoms with Gasteiger partial charge >= 0.3 is 0 Å². The minimum Gasteiger partial charge on any atom is -0.380 e. The average Bonchev–Trinajstić information content (AvgIpc) is 2.30. The quantitative estimate of drug-likeness (QED) is 0.565. The van der Waals surface area contributed by atoms with Gasteiger partial charge in [0.05, 0.1) is 11.5 Å². The monoisotopic (exact) mass is 266 g/mol. The molecule has 0 saturated carbocycles. The SMILES string of the molecule is CCNc1ccc(CN(C)CC(N)=O)cc1[N+](=O)[O-]. The summed E-state index contributed by atoms with van der Waals surface area (Å²) in [7, 11) is 1.73. The van der Waals surface area contributed by atoms with E-state index in [0.717, 1.165) is 5.56 Å². The molecule has 0 saturated heterocycles. The van der Waals surface area contributed by atoms with E-state index in [-0.39, 0.29) is 12.2 Å². The number of anilines is 1. The Labute approximate surface area is 111 Å². The highest BCUT2D eigenvalue weighted by atomic mass is 16.6. The number of likely N-dealkylation sites (N-methyl/N-ethyl adjacent to an activating group) is 1. The van der Waals surface area contributed by atoms with Crippen LogP contribution in [0.3, 0.4) is 0 Å². The van der Waals surface area contributed by atoms with Gasteiger partial charge in [0.2, 0.25) is 5.91 Å². The van der Waals surface area contributed by atoms with Crippen LogP contribution in [0.15, 0.2) is 18.2 Å². The summed E-state index contributed by atoms with van der Waals surface area (Å²) in [5, 5.41) is 13.9. The first-order valence-corrected chi connectivity index (χ1v) is 5.92. The number of carbonyl (C=O) groups excluding carboxylic acids is 1. The normalized spacial score (nSPS) is 10.5. The smallest absolute Gasteiger partial charge is 0.292 e. The fourth-order valence-electron chi connectivity index (χ4n) is 1.80. The van der Waals surface area contributed by atoms with E-state index in [4.69, 9.17) is 5.73 Å². The lowest BCUT2D eigenvalue weighted by molar-refractivity contribution is -0.384. The van der Waals surface area contributed by atoms with Crippen molar-refractivity contribution in [2.24, 2.45) is 5.73 Å². The lowest BCUT2D eigenvalue weighted by atomic mass is 10.1. The first-order valence-electron chi connectivity index (χ1n) is 5.92. The number of benzene rings is 1. The van der Waals surface area contributed by atoms with Crippen LogP contribution in [0, 0.1) is 10.1 Å². The molecule has 0 aliphatic carbocycles. The van der Waals surface area contributed by atoms with Gasteiger partial charge in [-0.25, -0.2) is 0 Å². The van der Waals surface area contributed by atoms with Crippen molar-refractivity contribution in [1.29, 1.82) is 0 Å². The molecule has 1 amide bonds. The summed E-state index contributed by atoms with van der Waals surface area (Å²) in [6, 6.07) is 4.98. The first-order chi connectivity index (χ1) is 8.93. The molecule has 3 N–H and O–H groups in total. The van der Waals surface area contributed by atoms with Crippen LogP contribution in [-0.4, -0.2) is 35.9 Å². The molecule has 0 heterocycles. The Hall–Kier alpha value is -2.15. The standard InChI is InChI=1S/C12H18N4O3/c1-3-14-10-5-4-9(6-11(10)16(18)19)7-15(2)8-12(13)17/h4-6,14H,3,7-8H2,1-2H3,(H2,13,17). The van der Waals surface area contributed by atoms with Crippen LogP contribution < -0.4 is 11.1 Å². The number of nitrogens with zero attached hydrogens (tertiary/aromatic N) is 2. The number of rotatable bonds is 7. The molecule has 19 heavy (non-hydrogen) atoms. The van der Waals surface area contributed by atoms with Gasteiger partial charge in [-0.15, -0.1) is 0 Å². The molecular formula is C12H18N4O3. The first kappa shape index (κ1) is 14.9. The highest BCUT2D eigenvalue weighted by molar-refractivity contribution is 5.75. The van der Waals surface area contributed by atoms with Gasteiger partial charge in [0.15, 0.2) is 0 Å². The van der Waals surface area contributed by atoms with E-state index < -0.39 is 10.8 Å². The number of nitro benzene ring substituents is 1. The summed E-state index contributed by atoms with van der Waals surface area (Å²) in [4.78, 5) is 23.0. The summed E-state index contributed by atoms with van der Waals surface area (Å²) in [6.07, 6.45) is 0. The van der Waals surface area contributed by atoms with Crippen molar-refractivity contribution in [2.75, 3.05) is 25.5 Å². The fraction of sp³-hybridized carbons (Fsp3) is 0.417. The predicted octanol–water partition coefficient (Wildman–Crippen LogP) is 0.944. The highest BCUT2D eigenvalue weighted by Crippen LogP contribution is 2.25. The van der Waals surface area contributed by atoms with Crippen molar-refractivity contribution < 1.29 is 9.72 Å². The Kier molecular flexibility index (Phi) is 5.25. The lowest BCUT2D eigenvalue weighted by Crippen LogP contribution is -2.30. The zero-order valence-corrected chi connectivity index (χ0v) is 11.0. The van der Waals surface area contributed by atoms with E-state index in [0.29, 0.717) is 18.8 Å². The van der Waals surface area contributed by atoms with Crippen LogP contribution in [-0.2, 0) is 11.3 Å². The van der Waals surface area contributed by atoms with Gasteiger partial charge in [-0.3, -0.25) is 19.8 Å². The molecule has 7 nitrogen and oxygen atoms in total. The van der Waals surface area contributed by atoms with Crippen molar-refractivity contribution in [1.82, 2.24) is 4.90 Å². The molecule has 0 fully saturated rings. The number of hydrogen-bond donors (Lipinski definition) is 2. The molecule has 104 valence electrons. The summed E-state index contributed by atoms with van der Waals surface area (Å²) in [5.74, 6) is -0.429. The van der Waals surface area contributed by atoms with Gasteiger partial charge in [0.25, 0.3) is 5.69 Å². The molecule has 0 unspecified atom stereocenters. The average molecular weight is 266 g/mol. The van der Waals surface area contributed by atoms with Gasteiger partial charge in [-0.2, -0.15) is 0 Å². The number of nitrogens with one attached hydrogen (secondary N) is 1. The Morgan fingerprint density at radius 3 is 2.74 bits per heavy atom. The minimum atomic E-state index is -0.429. The molecule has 0 spiro atoms. The maximum atomic E-state index is 11.0. The Balaban J connectivity index is 2.89. The van der Waals surface area contributed by atoms with E-state index in [1.165, 1.54) is 6.07 Å². The third kappa shape index (κ3) is 4.55. The van der Waals surface area contributed by atoms with Gasteiger partial charge in [-0.1, -0.05) is 6.07 Å². The molecule has 1 aromatic rings. The third-order valence-electron chi connectivity index (χ3n) is 2.50. The van der Waals surface area contributed by atoms with E-state index in [9.17, 15) is 14.9 Å². The second-order valence-electron chi connectivity index (χ2n) is 4.28.